The van der Waals surface area contributed by atoms with Gasteiger partial charge in [0.15, 0.2) is 6.04 Å². The molecule has 1 amide bonds. The van der Waals surface area contributed by atoms with E-state index in [-0.39, 0.29) is 18.9 Å². The van der Waals surface area contributed by atoms with E-state index in [1.165, 1.54) is 10.5 Å². The van der Waals surface area contributed by atoms with Gasteiger partial charge in [-0.1, -0.05) is 47.5 Å². The van der Waals surface area contributed by atoms with Gasteiger partial charge in [0.1, 0.15) is 0 Å². The van der Waals surface area contributed by atoms with E-state index in [9.17, 15) is 9.59 Å². The third-order valence-electron chi connectivity index (χ3n) is 4.85. The highest BCUT2D eigenvalue weighted by molar-refractivity contribution is 5.87. The first-order valence-corrected chi connectivity index (χ1v) is 9.30. The second kappa shape index (κ2) is 8.85. The Morgan fingerprint density at radius 1 is 0.963 bits per heavy atom. The van der Waals surface area contributed by atoms with Crippen LogP contribution < -0.4 is 0 Å². The molecule has 0 saturated heterocycles. The van der Waals surface area contributed by atoms with E-state index in [2.05, 4.69) is 12.1 Å². The molecule has 0 fully saturated rings. The highest BCUT2D eigenvalue weighted by atomic mass is 16.5. The lowest BCUT2D eigenvalue weighted by Gasteiger charge is -2.27. The van der Waals surface area contributed by atoms with Crippen LogP contribution >= 0.6 is 0 Å². The highest BCUT2D eigenvalue weighted by Gasteiger charge is 2.30. The van der Waals surface area contributed by atoms with Crippen LogP contribution in [0.4, 0.5) is 0 Å². The van der Waals surface area contributed by atoms with Gasteiger partial charge in [0, 0.05) is 7.05 Å². The Hall–Kier alpha value is -2.62. The van der Waals surface area contributed by atoms with Gasteiger partial charge in [-0.05, 0) is 56.9 Å². The molecule has 2 aromatic carbocycles. The first-order valence-electron chi connectivity index (χ1n) is 9.30. The van der Waals surface area contributed by atoms with Gasteiger partial charge in [-0.2, -0.15) is 0 Å². The van der Waals surface area contributed by atoms with Gasteiger partial charge in [0.05, 0.1) is 13.0 Å². The summed E-state index contributed by atoms with van der Waals surface area (Å²) < 4.78 is 5.24. The molecule has 0 radical (unpaired) electrons. The predicted molar refractivity (Wildman–Crippen MR) is 108 cm³/mol. The smallest absolute Gasteiger partial charge is 0.333 e. The monoisotopic (exact) mass is 367 g/mol. The average molecular weight is 367 g/mol. The fourth-order valence-electron chi connectivity index (χ4n) is 3.40. The number of aryl methyl sites for hydroxylation is 4. The molecule has 0 aliphatic heterocycles. The number of likely N-dealkylation sites (N-methyl/N-ethyl adjacent to an activating group) is 1. The van der Waals surface area contributed by atoms with Crippen LogP contribution in [0.15, 0.2) is 36.4 Å². The zero-order chi connectivity index (χ0) is 20.1. The van der Waals surface area contributed by atoms with E-state index >= 15 is 0 Å². The maximum absolute atomic E-state index is 13.0. The molecule has 2 rings (SSSR count). The number of hydrogen-bond acceptors (Lipinski definition) is 3. The maximum atomic E-state index is 13.0. The van der Waals surface area contributed by atoms with Crippen molar-refractivity contribution < 1.29 is 14.3 Å². The van der Waals surface area contributed by atoms with Gasteiger partial charge in [-0.15, -0.1) is 0 Å². The van der Waals surface area contributed by atoms with Crippen LogP contribution in [-0.2, 0) is 20.7 Å². The largest absolute Gasteiger partial charge is 0.464 e. The number of hydrogen-bond donors (Lipinski definition) is 0. The van der Waals surface area contributed by atoms with Crippen molar-refractivity contribution in [3.05, 3.63) is 69.8 Å². The summed E-state index contributed by atoms with van der Waals surface area (Å²) in [4.78, 5) is 27.1. The number of benzene rings is 2. The van der Waals surface area contributed by atoms with E-state index in [1.54, 1.807) is 14.0 Å². The van der Waals surface area contributed by atoms with Gasteiger partial charge in [-0.3, -0.25) is 4.79 Å². The van der Waals surface area contributed by atoms with Crippen LogP contribution in [0, 0.1) is 27.7 Å². The minimum atomic E-state index is -0.746. The highest BCUT2D eigenvalue weighted by Crippen LogP contribution is 2.24. The van der Waals surface area contributed by atoms with E-state index in [0.717, 1.165) is 27.8 Å². The summed E-state index contributed by atoms with van der Waals surface area (Å²) in [5, 5.41) is 0. The number of rotatable bonds is 6. The van der Waals surface area contributed by atoms with Gasteiger partial charge >= 0.3 is 5.97 Å². The third-order valence-corrected chi connectivity index (χ3v) is 4.85. The van der Waals surface area contributed by atoms with E-state index in [1.807, 2.05) is 52.0 Å². The summed E-state index contributed by atoms with van der Waals surface area (Å²) in [6.07, 6.45) is 0.260. The van der Waals surface area contributed by atoms with Crippen molar-refractivity contribution >= 4 is 11.9 Å². The molecule has 0 bridgehead atoms. The molecule has 4 heteroatoms. The topological polar surface area (TPSA) is 46.6 Å². The van der Waals surface area contributed by atoms with Crippen molar-refractivity contribution in [2.45, 2.75) is 47.1 Å². The molecule has 1 unspecified atom stereocenters. The number of nitrogens with zero attached hydrogens (tertiary/aromatic N) is 1. The average Bonchev–Trinajstić information content (AvgIpc) is 2.60. The number of amides is 1. The van der Waals surface area contributed by atoms with Crippen molar-refractivity contribution in [3.8, 4) is 0 Å². The van der Waals surface area contributed by atoms with Gasteiger partial charge < -0.3 is 9.64 Å². The Balaban J connectivity index is 2.31. The zero-order valence-electron chi connectivity index (χ0n) is 17.1. The molecule has 2 aromatic rings. The Labute approximate surface area is 162 Å². The first kappa shape index (κ1) is 20.7. The van der Waals surface area contributed by atoms with Crippen LogP contribution in [0.5, 0.6) is 0 Å². The van der Waals surface area contributed by atoms with E-state index in [0.29, 0.717) is 0 Å². The molecule has 0 aliphatic rings. The molecular weight excluding hydrogens is 338 g/mol. The fourth-order valence-corrected chi connectivity index (χ4v) is 3.40. The summed E-state index contributed by atoms with van der Waals surface area (Å²) in [5.74, 6) is -0.516. The standard InChI is InChI=1S/C23H29NO3/c1-7-27-23(26)22(19-10-8-15(2)9-11-19)24(6)21(25)14-20-17(4)12-16(3)13-18(20)5/h8-13,22H,7,14H2,1-6H3. The van der Waals surface area contributed by atoms with Crippen molar-refractivity contribution in [1.82, 2.24) is 4.90 Å². The lowest BCUT2D eigenvalue weighted by atomic mass is 9.96. The summed E-state index contributed by atoms with van der Waals surface area (Å²) >= 11 is 0. The summed E-state index contributed by atoms with van der Waals surface area (Å²) in [6, 6.07) is 11.1. The first-order chi connectivity index (χ1) is 12.7. The normalized spacial score (nSPS) is 11.8. The molecular formula is C23H29NO3. The number of carbonyl (C=O) groups excluding carboxylic acids is 2. The summed E-state index contributed by atoms with van der Waals surface area (Å²) in [6.45, 7) is 10.1. The predicted octanol–water partition coefficient (Wildman–Crippen LogP) is 4.23. The molecule has 144 valence electrons. The van der Waals surface area contributed by atoms with Crippen molar-refractivity contribution in [2.24, 2.45) is 0 Å². The zero-order valence-corrected chi connectivity index (χ0v) is 17.1. The Bertz CT molecular complexity index is 801. The van der Waals surface area contributed by atoms with Gasteiger partial charge in [0.2, 0.25) is 5.91 Å². The molecule has 0 N–H and O–H groups in total. The SMILES string of the molecule is CCOC(=O)C(c1ccc(C)cc1)N(C)C(=O)Cc1c(C)cc(C)cc1C. The van der Waals surface area contributed by atoms with Crippen molar-refractivity contribution in [3.63, 3.8) is 0 Å². The van der Waals surface area contributed by atoms with Crippen LogP contribution in [0.25, 0.3) is 0 Å². The molecule has 27 heavy (non-hydrogen) atoms. The van der Waals surface area contributed by atoms with Crippen molar-refractivity contribution in [2.75, 3.05) is 13.7 Å². The van der Waals surface area contributed by atoms with Crippen LogP contribution in [0.2, 0.25) is 0 Å². The lowest BCUT2D eigenvalue weighted by Crippen LogP contribution is -2.38. The summed E-state index contributed by atoms with van der Waals surface area (Å²) in [5.41, 5.74) is 6.24. The minimum Gasteiger partial charge on any atom is -0.464 e. The number of esters is 1. The van der Waals surface area contributed by atoms with Crippen LogP contribution in [0.1, 0.15) is 46.3 Å². The number of ether oxygens (including phenoxy) is 1. The lowest BCUT2D eigenvalue weighted by molar-refractivity contribution is -0.154. The molecule has 0 aromatic heterocycles. The minimum absolute atomic E-state index is 0.108. The molecule has 0 spiro atoms. The van der Waals surface area contributed by atoms with E-state index in [4.69, 9.17) is 4.74 Å². The third kappa shape index (κ3) is 4.97. The molecule has 0 saturated carbocycles. The van der Waals surface area contributed by atoms with Crippen LogP contribution in [0.3, 0.4) is 0 Å². The van der Waals surface area contributed by atoms with E-state index < -0.39 is 12.0 Å². The van der Waals surface area contributed by atoms with Gasteiger partial charge in [0.25, 0.3) is 0 Å². The second-order valence-electron chi connectivity index (χ2n) is 7.12. The fraction of sp³-hybridized carbons (Fsp3) is 0.391. The van der Waals surface area contributed by atoms with Crippen LogP contribution in [-0.4, -0.2) is 30.4 Å². The summed E-state index contributed by atoms with van der Waals surface area (Å²) in [7, 11) is 1.67. The Morgan fingerprint density at radius 2 is 1.52 bits per heavy atom. The Morgan fingerprint density at radius 3 is 2.04 bits per heavy atom. The van der Waals surface area contributed by atoms with Gasteiger partial charge in [-0.25, -0.2) is 4.79 Å². The number of carbonyl (C=O) groups is 2. The van der Waals surface area contributed by atoms with Crippen molar-refractivity contribution in [1.29, 1.82) is 0 Å². The molecule has 0 aliphatic carbocycles. The maximum Gasteiger partial charge on any atom is 0.333 e. The Kier molecular flexibility index (Phi) is 6.78. The molecule has 0 heterocycles. The molecule has 1 atom stereocenters. The quantitative estimate of drug-likeness (QED) is 0.718. The molecule has 4 nitrogen and oxygen atoms in total. The second-order valence-corrected chi connectivity index (χ2v) is 7.12.